The van der Waals surface area contributed by atoms with Crippen molar-refractivity contribution in [3.05, 3.63) is 188 Å². The number of hydrogen-bond acceptors (Lipinski definition) is 5. The van der Waals surface area contributed by atoms with E-state index in [4.69, 9.17) is 9.97 Å². The van der Waals surface area contributed by atoms with Gasteiger partial charge in [0, 0.05) is 75.0 Å². The number of benzene rings is 7. The molecule has 0 N–H and O–H groups in total. The first-order valence-corrected chi connectivity index (χ1v) is 20.3. The first-order chi connectivity index (χ1) is 27.7. The lowest BCUT2D eigenvalue weighted by molar-refractivity contribution is 1.18. The van der Waals surface area contributed by atoms with E-state index in [2.05, 4.69) is 169 Å². The molecule has 0 aliphatic heterocycles. The number of fused-ring (bicyclic) bond motifs is 6. The quantitative estimate of drug-likeness (QED) is 0.170. The fourth-order valence-electron chi connectivity index (χ4n) is 8.05. The molecule has 262 valence electrons. The molecule has 7 aromatic carbocycles. The second-order valence-electron chi connectivity index (χ2n) is 14.0. The standard InChI is InChI=1S/C51H31N3S2/c1-2-13-32(14-3-1)43-30-44(40-17-5-4-16-37(40)33-15-12-26-52-31-33)54-51(53-43)36-28-34(38-20-10-24-47-49(38)41-18-6-8-22-45(41)55-47)27-35(29-36)39-21-11-25-48-50(39)42-19-7-9-23-46(42)56-48/h1-31H. The second-order valence-corrected chi connectivity index (χ2v) is 16.1. The summed E-state index contributed by atoms with van der Waals surface area (Å²) < 4.78 is 5.13. The van der Waals surface area contributed by atoms with Gasteiger partial charge in [-0.2, -0.15) is 0 Å². The van der Waals surface area contributed by atoms with Crippen LogP contribution in [0.2, 0.25) is 0 Å². The van der Waals surface area contributed by atoms with Crippen molar-refractivity contribution in [2.24, 2.45) is 0 Å². The normalized spacial score (nSPS) is 11.6. The van der Waals surface area contributed by atoms with Crippen molar-refractivity contribution in [3.63, 3.8) is 0 Å². The summed E-state index contributed by atoms with van der Waals surface area (Å²) in [6, 6.07) is 62.9. The summed E-state index contributed by atoms with van der Waals surface area (Å²) in [5.41, 5.74) is 11.5. The van der Waals surface area contributed by atoms with Gasteiger partial charge in [-0.3, -0.25) is 4.98 Å². The minimum atomic E-state index is 0.676. The summed E-state index contributed by atoms with van der Waals surface area (Å²) in [7, 11) is 0. The predicted octanol–water partition coefficient (Wildman–Crippen LogP) is 14.6. The molecule has 0 amide bonds. The lowest BCUT2D eigenvalue weighted by Crippen LogP contribution is -1.98. The number of aromatic nitrogens is 3. The molecule has 0 saturated heterocycles. The smallest absolute Gasteiger partial charge is 0.160 e. The van der Waals surface area contributed by atoms with Crippen LogP contribution in [0.1, 0.15) is 0 Å². The molecule has 11 aromatic rings. The van der Waals surface area contributed by atoms with Gasteiger partial charge in [0.2, 0.25) is 0 Å². The largest absolute Gasteiger partial charge is 0.264 e. The Labute approximate surface area is 331 Å². The highest BCUT2D eigenvalue weighted by atomic mass is 32.1. The Morgan fingerprint density at radius 1 is 0.339 bits per heavy atom. The van der Waals surface area contributed by atoms with Gasteiger partial charge in [-0.05, 0) is 82.4 Å². The molecule has 3 nitrogen and oxygen atoms in total. The first-order valence-electron chi connectivity index (χ1n) is 18.7. The van der Waals surface area contributed by atoms with E-state index in [0.717, 1.165) is 50.3 Å². The Balaban J connectivity index is 1.21. The number of nitrogens with zero attached hydrogens (tertiary/aromatic N) is 3. The van der Waals surface area contributed by atoms with E-state index in [0.29, 0.717) is 5.82 Å². The number of rotatable bonds is 6. The fourth-order valence-corrected chi connectivity index (χ4v) is 10.3. The Morgan fingerprint density at radius 2 is 0.857 bits per heavy atom. The zero-order chi connectivity index (χ0) is 37.0. The van der Waals surface area contributed by atoms with Gasteiger partial charge in [0.15, 0.2) is 5.82 Å². The zero-order valence-corrected chi connectivity index (χ0v) is 31.7. The number of hydrogen-bond donors (Lipinski definition) is 0. The zero-order valence-electron chi connectivity index (χ0n) is 30.1. The molecule has 11 rings (SSSR count). The molecule has 0 atom stereocenters. The van der Waals surface area contributed by atoms with Crippen molar-refractivity contribution in [2.45, 2.75) is 0 Å². The predicted molar refractivity (Wildman–Crippen MR) is 238 cm³/mol. The molecule has 0 spiro atoms. The van der Waals surface area contributed by atoms with Crippen molar-refractivity contribution in [3.8, 4) is 67.3 Å². The van der Waals surface area contributed by atoms with Gasteiger partial charge in [0.1, 0.15) is 0 Å². The van der Waals surface area contributed by atoms with Gasteiger partial charge >= 0.3 is 0 Å². The summed E-state index contributed by atoms with van der Waals surface area (Å²) in [5.74, 6) is 0.676. The van der Waals surface area contributed by atoms with E-state index in [1.165, 1.54) is 51.5 Å². The first kappa shape index (κ1) is 32.6. The topological polar surface area (TPSA) is 38.7 Å². The third-order valence-corrected chi connectivity index (χ3v) is 12.9. The monoisotopic (exact) mass is 749 g/mol. The lowest BCUT2D eigenvalue weighted by atomic mass is 9.91. The maximum atomic E-state index is 5.43. The Morgan fingerprint density at radius 3 is 1.50 bits per heavy atom. The maximum absolute atomic E-state index is 5.43. The molecule has 5 heteroatoms. The van der Waals surface area contributed by atoms with Crippen molar-refractivity contribution >= 4 is 63.0 Å². The molecule has 0 bridgehead atoms. The highest BCUT2D eigenvalue weighted by Crippen LogP contribution is 2.45. The van der Waals surface area contributed by atoms with Gasteiger partial charge < -0.3 is 0 Å². The summed E-state index contributed by atoms with van der Waals surface area (Å²) in [4.78, 5) is 15.2. The van der Waals surface area contributed by atoms with E-state index in [-0.39, 0.29) is 0 Å². The summed E-state index contributed by atoms with van der Waals surface area (Å²) in [6.07, 6.45) is 3.73. The third-order valence-electron chi connectivity index (χ3n) is 10.6. The van der Waals surface area contributed by atoms with Crippen LogP contribution in [0.5, 0.6) is 0 Å². The van der Waals surface area contributed by atoms with E-state index in [1.807, 2.05) is 47.2 Å². The van der Waals surface area contributed by atoms with Crippen molar-refractivity contribution in [2.75, 3.05) is 0 Å². The summed E-state index contributed by atoms with van der Waals surface area (Å²) in [6.45, 7) is 0. The van der Waals surface area contributed by atoms with Gasteiger partial charge in [-0.1, -0.05) is 121 Å². The van der Waals surface area contributed by atoms with Crippen LogP contribution >= 0.6 is 22.7 Å². The Hall–Kier alpha value is -6.79. The average Bonchev–Trinajstić information content (AvgIpc) is 3.85. The molecular weight excluding hydrogens is 719 g/mol. The van der Waals surface area contributed by atoms with Gasteiger partial charge in [-0.25, -0.2) is 9.97 Å². The van der Waals surface area contributed by atoms with Crippen LogP contribution in [0.3, 0.4) is 0 Å². The molecule has 0 unspecified atom stereocenters. The van der Waals surface area contributed by atoms with Gasteiger partial charge in [0.25, 0.3) is 0 Å². The minimum Gasteiger partial charge on any atom is -0.264 e. The highest BCUT2D eigenvalue weighted by molar-refractivity contribution is 7.26. The van der Waals surface area contributed by atoms with Crippen LogP contribution in [-0.4, -0.2) is 15.0 Å². The minimum absolute atomic E-state index is 0.676. The summed E-state index contributed by atoms with van der Waals surface area (Å²) in [5, 5.41) is 5.11. The van der Waals surface area contributed by atoms with E-state index >= 15 is 0 Å². The van der Waals surface area contributed by atoms with Crippen LogP contribution < -0.4 is 0 Å². The van der Waals surface area contributed by atoms with E-state index < -0.39 is 0 Å². The fraction of sp³-hybridized carbons (Fsp3) is 0. The third kappa shape index (κ3) is 5.60. The van der Waals surface area contributed by atoms with Crippen LogP contribution in [0.15, 0.2) is 188 Å². The van der Waals surface area contributed by atoms with E-state index in [1.54, 1.807) is 0 Å². The molecule has 56 heavy (non-hydrogen) atoms. The van der Waals surface area contributed by atoms with Crippen LogP contribution in [0.25, 0.3) is 108 Å². The SMILES string of the molecule is c1ccc(-c2cc(-c3ccccc3-c3cccnc3)nc(-c3cc(-c4cccc5sc6ccccc6c45)cc(-c4cccc5sc6ccccc6c45)c3)n2)cc1. The van der Waals surface area contributed by atoms with Crippen LogP contribution in [0.4, 0.5) is 0 Å². The van der Waals surface area contributed by atoms with E-state index in [9.17, 15) is 0 Å². The van der Waals surface area contributed by atoms with Crippen molar-refractivity contribution in [1.29, 1.82) is 0 Å². The molecule has 0 saturated carbocycles. The maximum Gasteiger partial charge on any atom is 0.160 e. The number of thiophene rings is 2. The van der Waals surface area contributed by atoms with Gasteiger partial charge in [0.05, 0.1) is 11.4 Å². The molecular formula is C51H31N3S2. The number of pyridine rings is 1. The molecule has 4 aromatic heterocycles. The Kier molecular flexibility index (Phi) is 7.87. The highest BCUT2D eigenvalue weighted by Gasteiger charge is 2.19. The Bertz CT molecular complexity index is 3120. The lowest BCUT2D eigenvalue weighted by Gasteiger charge is -2.15. The van der Waals surface area contributed by atoms with Crippen LogP contribution in [-0.2, 0) is 0 Å². The van der Waals surface area contributed by atoms with Gasteiger partial charge in [-0.15, -0.1) is 22.7 Å². The second kappa shape index (κ2) is 13.5. The molecule has 0 fully saturated rings. The molecule has 0 aliphatic carbocycles. The van der Waals surface area contributed by atoms with Crippen molar-refractivity contribution in [1.82, 2.24) is 15.0 Å². The van der Waals surface area contributed by atoms with Crippen LogP contribution in [0, 0.1) is 0 Å². The summed E-state index contributed by atoms with van der Waals surface area (Å²) >= 11 is 3.69. The molecule has 0 radical (unpaired) electrons. The molecule has 4 heterocycles. The molecule has 0 aliphatic rings. The average molecular weight is 750 g/mol. The van der Waals surface area contributed by atoms with Crippen molar-refractivity contribution < 1.29 is 0 Å².